The minimum Gasteiger partial charge on any atom is -0.303 e. The van der Waals surface area contributed by atoms with Crippen LogP contribution in [-0.4, -0.2) is 52.3 Å². The number of aryl methyl sites for hydroxylation is 1. The van der Waals surface area contributed by atoms with Gasteiger partial charge in [-0.1, -0.05) is 24.3 Å². The van der Waals surface area contributed by atoms with Gasteiger partial charge < -0.3 is 4.57 Å². The van der Waals surface area contributed by atoms with Gasteiger partial charge in [0, 0.05) is 18.7 Å². The molecule has 3 rings (SSSR count). The van der Waals surface area contributed by atoms with Crippen molar-refractivity contribution in [2.24, 2.45) is 7.05 Å². The zero-order chi connectivity index (χ0) is 17.5. The summed E-state index contributed by atoms with van der Waals surface area (Å²) in [5.74, 6) is 1.31. The minimum atomic E-state index is -2.90. The van der Waals surface area contributed by atoms with Crippen LogP contribution in [0.1, 0.15) is 12.0 Å². The van der Waals surface area contributed by atoms with E-state index in [1.165, 1.54) is 0 Å². The molecule has 0 N–H and O–H groups in total. The largest absolute Gasteiger partial charge is 0.303 e. The lowest BCUT2D eigenvalue weighted by Gasteiger charge is -2.22. The Balaban J connectivity index is 1.87. The summed E-state index contributed by atoms with van der Waals surface area (Å²) in [6.45, 7) is 2.53. The SMILES string of the molecule is Cc1ccccc1-c1nn(CN(C)[C@H]2CCS(=O)(=O)C2)c(=S)n1C. The molecule has 1 fully saturated rings. The zero-order valence-corrected chi connectivity index (χ0v) is 15.8. The Morgan fingerprint density at radius 2 is 2.08 bits per heavy atom. The number of hydrogen-bond donors (Lipinski definition) is 0. The Morgan fingerprint density at radius 1 is 1.38 bits per heavy atom. The van der Waals surface area contributed by atoms with E-state index in [4.69, 9.17) is 12.2 Å². The molecule has 1 aliphatic rings. The number of sulfone groups is 1. The van der Waals surface area contributed by atoms with E-state index in [1.807, 2.05) is 54.8 Å². The van der Waals surface area contributed by atoms with Crippen molar-refractivity contribution in [1.82, 2.24) is 19.2 Å². The summed E-state index contributed by atoms with van der Waals surface area (Å²) >= 11 is 5.51. The second kappa shape index (κ2) is 6.42. The van der Waals surface area contributed by atoms with E-state index in [-0.39, 0.29) is 17.5 Å². The molecule has 6 nitrogen and oxygen atoms in total. The molecule has 1 saturated heterocycles. The van der Waals surface area contributed by atoms with E-state index in [9.17, 15) is 8.42 Å². The summed E-state index contributed by atoms with van der Waals surface area (Å²) in [5, 5.41) is 4.67. The van der Waals surface area contributed by atoms with E-state index >= 15 is 0 Å². The topological polar surface area (TPSA) is 60.1 Å². The first-order chi connectivity index (χ1) is 11.3. The van der Waals surface area contributed by atoms with Gasteiger partial charge in [0.1, 0.15) is 0 Å². The van der Waals surface area contributed by atoms with Crippen LogP contribution in [0.25, 0.3) is 11.4 Å². The number of benzene rings is 1. The van der Waals surface area contributed by atoms with Crippen LogP contribution in [0.3, 0.4) is 0 Å². The van der Waals surface area contributed by atoms with Crippen LogP contribution >= 0.6 is 12.2 Å². The van der Waals surface area contributed by atoms with Gasteiger partial charge in [0.15, 0.2) is 20.4 Å². The Hall–Kier alpha value is -1.51. The van der Waals surface area contributed by atoms with Crippen molar-refractivity contribution in [3.8, 4) is 11.4 Å². The molecule has 2 heterocycles. The highest BCUT2D eigenvalue weighted by atomic mass is 32.2. The van der Waals surface area contributed by atoms with Crippen LogP contribution in [0.15, 0.2) is 24.3 Å². The average Bonchev–Trinajstić information content (AvgIpc) is 3.02. The standard InChI is InChI=1S/C16H22N4O2S2/c1-12-6-4-5-7-14(12)15-17-20(16(23)19(15)3)11-18(2)13-8-9-24(21,22)10-13/h4-7,13H,8-11H2,1-3H3/t13-/m0/s1. The highest BCUT2D eigenvalue weighted by molar-refractivity contribution is 7.91. The second-order valence-electron chi connectivity index (χ2n) is 6.43. The maximum Gasteiger partial charge on any atom is 0.199 e. The third-order valence-electron chi connectivity index (χ3n) is 4.62. The predicted molar refractivity (Wildman–Crippen MR) is 97.0 cm³/mol. The van der Waals surface area contributed by atoms with Gasteiger partial charge in [-0.2, -0.15) is 5.10 Å². The van der Waals surface area contributed by atoms with Crippen molar-refractivity contribution < 1.29 is 8.42 Å². The predicted octanol–water partition coefficient (Wildman–Crippen LogP) is 2.00. The highest BCUT2D eigenvalue weighted by Crippen LogP contribution is 2.22. The van der Waals surface area contributed by atoms with Gasteiger partial charge in [0.25, 0.3) is 0 Å². The van der Waals surface area contributed by atoms with E-state index in [2.05, 4.69) is 5.10 Å². The number of hydrogen-bond acceptors (Lipinski definition) is 5. The van der Waals surface area contributed by atoms with E-state index in [0.29, 0.717) is 17.9 Å². The third-order valence-corrected chi connectivity index (χ3v) is 6.85. The highest BCUT2D eigenvalue weighted by Gasteiger charge is 2.31. The Labute approximate surface area is 147 Å². The van der Waals surface area contributed by atoms with Gasteiger partial charge in [-0.15, -0.1) is 0 Å². The Morgan fingerprint density at radius 3 is 2.71 bits per heavy atom. The number of rotatable bonds is 4. The first kappa shape index (κ1) is 17.3. The molecule has 0 aliphatic carbocycles. The van der Waals surface area contributed by atoms with Crippen LogP contribution in [0.2, 0.25) is 0 Å². The maximum atomic E-state index is 11.7. The summed E-state index contributed by atoms with van der Waals surface area (Å²) in [6.07, 6.45) is 0.670. The molecule has 0 radical (unpaired) electrons. The summed E-state index contributed by atoms with van der Waals surface area (Å²) in [7, 11) is 0.939. The fourth-order valence-corrected chi connectivity index (χ4v) is 5.08. The molecule has 0 unspecified atom stereocenters. The molecule has 0 amide bonds. The van der Waals surface area contributed by atoms with E-state index in [1.54, 1.807) is 4.68 Å². The van der Waals surface area contributed by atoms with Crippen molar-refractivity contribution in [1.29, 1.82) is 0 Å². The van der Waals surface area contributed by atoms with Crippen molar-refractivity contribution >= 4 is 22.1 Å². The molecule has 0 saturated carbocycles. The fraction of sp³-hybridized carbons (Fsp3) is 0.500. The lowest BCUT2D eigenvalue weighted by Crippen LogP contribution is -2.34. The fourth-order valence-electron chi connectivity index (χ4n) is 3.09. The average molecular weight is 367 g/mol. The van der Waals surface area contributed by atoms with Crippen molar-refractivity contribution in [3.63, 3.8) is 0 Å². The van der Waals surface area contributed by atoms with Crippen LogP contribution < -0.4 is 0 Å². The molecular weight excluding hydrogens is 344 g/mol. The van der Waals surface area contributed by atoms with Crippen molar-refractivity contribution in [2.45, 2.75) is 26.1 Å². The van der Waals surface area contributed by atoms with Crippen molar-refractivity contribution in [2.75, 3.05) is 18.6 Å². The summed E-state index contributed by atoms with van der Waals surface area (Å²) in [6, 6.07) is 8.09. The molecule has 1 aliphatic heterocycles. The molecular formula is C16H22N4O2S2. The smallest absolute Gasteiger partial charge is 0.199 e. The Kier molecular flexibility index (Phi) is 4.63. The van der Waals surface area contributed by atoms with Gasteiger partial charge in [-0.05, 0) is 38.2 Å². The summed E-state index contributed by atoms with van der Waals surface area (Å²) in [5.41, 5.74) is 2.19. The summed E-state index contributed by atoms with van der Waals surface area (Å²) in [4.78, 5) is 2.02. The summed E-state index contributed by atoms with van der Waals surface area (Å²) < 4.78 is 27.6. The van der Waals surface area contributed by atoms with Gasteiger partial charge >= 0.3 is 0 Å². The first-order valence-electron chi connectivity index (χ1n) is 7.89. The molecule has 1 aromatic carbocycles. The van der Waals surface area contributed by atoms with Gasteiger partial charge in [0.05, 0.1) is 18.2 Å². The molecule has 1 atom stereocenters. The van der Waals surface area contributed by atoms with Crippen LogP contribution in [0.5, 0.6) is 0 Å². The third kappa shape index (κ3) is 3.31. The van der Waals surface area contributed by atoms with Crippen LogP contribution in [0.4, 0.5) is 0 Å². The second-order valence-corrected chi connectivity index (χ2v) is 9.03. The van der Waals surface area contributed by atoms with Gasteiger partial charge in [-0.3, -0.25) is 4.90 Å². The molecule has 8 heteroatoms. The van der Waals surface area contributed by atoms with Crippen LogP contribution in [-0.2, 0) is 23.6 Å². The van der Waals surface area contributed by atoms with E-state index in [0.717, 1.165) is 17.0 Å². The molecule has 130 valence electrons. The molecule has 0 bridgehead atoms. The zero-order valence-electron chi connectivity index (χ0n) is 14.1. The van der Waals surface area contributed by atoms with Crippen LogP contribution in [0, 0.1) is 11.7 Å². The monoisotopic (exact) mass is 366 g/mol. The number of nitrogens with zero attached hydrogens (tertiary/aromatic N) is 4. The van der Waals surface area contributed by atoms with Crippen molar-refractivity contribution in [3.05, 3.63) is 34.6 Å². The van der Waals surface area contributed by atoms with E-state index < -0.39 is 9.84 Å². The van der Waals surface area contributed by atoms with Gasteiger partial charge in [0.2, 0.25) is 0 Å². The molecule has 2 aromatic rings. The quantitative estimate of drug-likeness (QED) is 0.775. The number of aromatic nitrogens is 3. The lowest BCUT2D eigenvalue weighted by atomic mass is 10.1. The van der Waals surface area contributed by atoms with Gasteiger partial charge in [-0.25, -0.2) is 13.1 Å². The Bertz CT molecular complexity index is 914. The minimum absolute atomic E-state index is 0.0285. The normalized spacial score (nSPS) is 19.9. The molecule has 24 heavy (non-hydrogen) atoms. The molecule has 0 spiro atoms. The maximum absolute atomic E-state index is 11.7. The molecule has 1 aromatic heterocycles. The lowest BCUT2D eigenvalue weighted by molar-refractivity contribution is 0.196. The first-order valence-corrected chi connectivity index (χ1v) is 10.1.